The van der Waals surface area contributed by atoms with Crippen LogP contribution in [0.3, 0.4) is 0 Å². The van der Waals surface area contributed by atoms with Crippen LogP contribution in [0, 0.1) is 0 Å². The lowest BCUT2D eigenvalue weighted by molar-refractivity contribution is 0.258. The Morgan fingerprint density at radius 1 is 0.862 bits per heavy atom. The van der Waals surface area contributed by atoms with Crippen molar-refractivity contribution in [3.05, 3.63) is 60.0 Å². The average molecular weight is 385 g/mol. The summed E-state index contributed by atoms with van der Waals surface area (Å²) in [5.74, 6) is 1.79. The predicted molar refractivity (Wildman–Crippen MR) is 113 cm³/mol. The lowest BCUT2D eigenvalue weighted by Gasteiger charge is -2.53. The first-order chi connectivity index (χ1) is 14.3. The van der Waals surface area contributed by atoms with E-state index in [4.69, 9.17) is 9.97 Å². The number of pyridine rings is 1. The smallest absolute Gasteiger partial charge is 0.228 e. The van der Waals surface area contributed by atoms with Gasteiger partial charge in [0.05, 0.1) is 5.69 Å². The molecule has 29 heavy (non-hydrogen) atoms. The number of nitrogens with zero attached hydrogens (tertiary/aromatic N) is 4. The standard InChI is InChI=1S/C22H23N7/c1-3-16(4-2-14(1)15-5-7-23-8-6-15)26-21-19-12-25-13-20(19)27-22(28-21)29-17-9-18(29)11-24-10-17/h1-8,17-18,24-25H,9-13H2,(H,26,27,28). The zero-order valence-corrected chi connectivity index (χ0v) is 16.1. The SMILES string of the molecule is c1cc(-c2ccc(Nc3nc(N4C5CNCC4C5)nc4c3CNC4)cc2)ccn1. The summed E-state index contributed by atoms with van der Waals surface area (Å²) >= 11 is 0. The second-order valence-electron chi connectivity index (χ2n) is 7.95. The number of rotatable bonds is 4. The molecule has 0 saturated carbocycles. The minimum absolute atomic E-state index is 0.522. The van der Waals surface area contributed by atoms with Crippen LogP contribution < -0.4 is 20.9 Å². The highest BCUT2D eigenvalue weighted by Crippen LogP contribution is 2.35. The van der Waals surface area contributed by atoms with E-state index in [9.17, 15) is 0 Å². The van der Waals surface area contributed by atoms with Crippen molar-refractivity contribution in [3.8, 4) is 11.1 Å². The second-order valence-corrected chi connectivity index (χ2v) is 7.95. The predicted octanol–water partition coefficient (Wildman–Crippen LogP) is 2.44. The van der Waals surface area contributed by atoms with Crippen LogP contribution in [0.2, 0.25) is 0 Å². The molecule has 6 rings (SSSR count). The number of hydrogen-bond acceptors (Lipinski definition) is 7. The molecule has 2 saturated heterocycles. The third kappa shape index (κ3) is 2.94. The van der Waals surface area contributed by atoms with Crippen LogP contribution in [0.4, 0.5) is 17.5 Å². The summed E-state index contributed by atoms with van der Waals surface area (Å²) in [7, 11) is 0. The van der Waals surface area contributed by atoms with Crippen LogP contribution in [0.25, 0.3) is 11.1 Å². The van der Waals surface area contributed by atoms with Crippen molar-refractivity contribution in [2.45, 2.75) is 31.6 Å². The quantitative estimate of drug-likeness (QED) is 0.637. The fraction of sp³-hybridized carbons (Fsp3) is 0.318. The van der Waals surface area contributed by atoms with Crippen LogP contribution in [-0.4, -0.2) is 40.1 Å². The Bertz CT molecular complexity index is 1020. The van der Waals surface area contributed by atoms with Gasteiger partial charge in [-0.1, -0.05) is 12.1 Å². The van der Waals surface area contributed by atoms with Crippen molar-refractivity contribution in [2.75, 3.05) is 23.3 Å². The third-order valence-electron chi connectivity index (χ3n) is 6.16. The van der Waals surface area contributed by atoms with E-state index in [1.807, 2.05) is 24.5 Å². The zero-order chi connectivity index (χ0) is 19.2. The molecule has 146 valence electrons. The average Bonchev–Trinajstić information content (AvgIpc) is 3.24. The van der Waals surface area contributed by atoms with E-state index in [2.05, 4.69) is 50.1 Å². The number of anilines is 3. The molecule has 7 nitrogen and oxygen atoms in total. The Morgan fingerprint density at radius 2 is 1.62 bits per heavy atom. The molecule has 0 aliphatic carbocycles. The maximum atomic E-state index is 4.95. The van der Waals surface area contributed by atoms with Gasteiger partial charge in [-0.25, -0.2) is 4.98 Å². The van der Waals surface area contributed by atoms with Gasteiger partial charge in [0.2, 0.25) is 5.95 Å². The highest BCUT2D eigenvalue weighted by Gasteiger charge is 2.43. The number of fused-ring (bicyclic) bond motifs is 3. The molecule has 3 aromatic rings. The van der Waals surface area contributed by atoms with E-state index in [-0.39, 0.29) is 0 Å². The molecule has 2 atom stereocenters. The molecular weight excluding hydrogens is 362 g/mol. The van der Waals surface area contributed by atoms with Crippen molar-refractivity contribution in [1.82, 2.24) is 25.6 Å². The first-order valence-corrected chi connectivity index (χ1v) is 10.2. The molecule has 2 fully saturated rings. The summed E-state index contributed by atoms with van der Waals surface area (Å²) in [5, 5.41) is 10.4. The van der Waals surface area contributed by atoms with Crippen LogP contribution in [0.15, 0.2) is 48.8 Å². The number of nitrogens with one attached hydrogen (secondary N) is 3. The molecule has 5 heterocycles. The summed E-state index contributed by atoms with van der Waals surface area (Å²) in [6.07, 6.45) is 4.88. The molecular formula is C22H23N7. The van der Waals surface area contributed by atoms with Gasteiger partial charge in [0.1, 0.15) is 5.82 Å². The molecule has 3 N–H and O–H groups in total. The molecule has 0 spiro atoms. The third-order valence-corrected chi connectivity index (χ3v) is 6.16. The number of benzene rings is 1. The van der Waals surface area contributed by atoms with E-state index < -0.39 is 0 Å². The van der Waals surface area contributed by atoms with Crippen LogP contribution in [0.5, 0.6) is 0 Å². The molecule has 2 aromatic heterocycles. The van der Waals surface area contributed by atoms with E-state index >= 15 is 0 Å². The van der Waals surface area contributed by atoms with Gasteiger partial charge < -0.3 is 20.9 Å². The van der Waals surface area contributed by atoms with E-state index in [1.54, 1.807) is 0 Å². The Morgan fingerprint density at radius 3 is 2.38 bits per heavy atom. The summed E-state index contributed by atoms with van der Waals surface area (Å²) in [6, 6.07) is 13.6. The maximum Gasteiger partial charge on any atom is 0.228 e. The lowest BCUT2D eigenvalue weighted by Crippen LogP contribution is -2.68. The van der Waals surface area contributed by atoms with Gasteiger partial charge in [0, 0.05) is 61.9 Å². The Hall–Kier alpha value is -3.03. The van der Waals surface area contributed by atoms with E-state index in [0.29, 0.717) is 12.1 Å². The van der Waals surface area contributed by atoms with Gasteiger partial charge in [-0.15, -0.1) is 0 Å². The van der Waals surface area contributed by atoms with Crippen molar-refractivity contribution in [2.24, 2.45) is 0 Å². The molecule has 1 aromatic carbocycles. The fourth-order valence-electron chi connectivity index (χ4n) is 4.61. The first kappa shape index (κ1) is 16.9. The van der Waals surface area contributed by atoms with Crippen LogP contribution >= 0.6 is 0 Å². The minimum atomic E-state index is 0.522. The lowest BCUT2D eigenvalue weighted by atomic mass is 9.89. The highest BCUT2D eigenvalue weighted by molar-refractivity contribution is 5.69. The minimum Gasteiger partial charge on any atom is -0.340 e. The van der Waals surface area contributed by atoms with Gasteiger partial charge in [-0.05, 0) is 41.8 Å². The highest BCUT2D eigenvalue weighted by atomic mass is 15.4. The summed E-state index contributed by atoms with van der Waals surface area (Å²) in [6.45, 7) is 3.66. The van der Waals surface area contributed by atoms with Crippen molar-refractivity contribution in [3.63, 3.8) is 0 Å². The van der Waals surface area contributed by atoms with Gasteiger partial charge in [-0.3, -0.25) is 4.98 Å². The number of piperidine rings is 1. The van der Waals surface area contributed by atoms with Crippen molar-refractivity contribution in [1.29, 1.82) is 0 Å². The van der Waals surface area contributed by atoms with Crippen molar-refractivity contribution < 1.29 is 0 Å². The Balaban J connectivity index is 1.30. The zero-order valence-electron chi connectivity index (χ0n) is 16.1. The maximum absolute atomic E-state index is 4.95. The van der Waals surface area contributed by atoms with E-state index in [0.717, 1.165) is 49.3 Å². The molecule has 2 bridgehead atoms. The molecule has 3 aliphatic rings. The van der Waals surface area contributed by atoms with Gasteiger partial charge in [-0.2, -0.15) is 4.98 Å². The molecule has 7 heteroatoms. The van der Waals surface area contributed by atoms with Gasteiger partial charge in [0.25, 0.3) is 0 Å². The summed E-state index contributed by atoms with van der Waals surface area (Å²) in [4.78, 5) is 16.3. The molecule has 2 unspecified atom stereocenters. The number of piperazine rings is 1. The first-order valence-electron chi connectivity index (χ1n) is 10.2. The summed E-state index contributed by atoms with van der Waals surface area (Å²) in [5.41, 5.74) is 5.67. The summed E-state index contributed by atoms with van der Waals surface area (Å²) < 4.78 is 0. The number of aromatic nitrogens is 3. The molecule has 0 radical (unpaired) electrons. The molecule has 0 amide bonds. The molecule has 3 aliphatic heterocycles. The van der Waals surface area contributed by atoms with Crippen LogP contribution in [-0.2, 0) is 13.1 Å². The van der Waals surface area contributed by atoms with Crippen LogP contribution in [0.1, 0.15) is 17.7 Å². The largest absolute Gasteiger partial charge is 0.340 e. The second kappa shape index (κ2) is 6.79. The van der Waals surface area contributed by atoms with Gasteiger partial charge in [0.15, 0.2) is 0 Å². The monoisotopic (exact) mass is 385 g/mol. The number of hydrogen-bond donors (Lipinski definition) is 3. The Kier molecular flexibility index (Phi) is 3.95. The van der Waals surface area contributed by atoms with Gasteiger partial charge >= 0.3 is 0 Å². The van der Waals surface area contributed by atoms with E-state index in [1.165, 1.54) is 23.1 Å². The topological polar surface area (TPSA) is 78.0 Å². The van der Waals surface area contributed by atoms with Crippen molar-refractivity contribution >= 4 is 17.5 Å². The normalized spacial score (nSPS) is 22.1. The Labute approximate surface area is 169 Å². The fourth-order valence-corrected chi connectivity index (χ4v) is 4.61.